The molecule has 0 bridgehead atoms. The molecule has 2 aromatic rings. The van der Waals surface area contributed by atoms with Gasteiger partial charge in [-0.05, 0) is 36.8 Å². The van der Waals surface area contributed by atoms with Crippen molar-refractivity contribution in [3.63, 3.8) is 0 Å². The molecule has 90 valence electrons. The van der Waals surface area contributed by atoms with Crippen LogP contribution >= 0.6 is 38.9 Å². The first-order chi connectivity index (χ1) is 7.99. The quantitative estimate of drug-likeness (QED) is 0.849. The molecule has 0 radical (unpaired) electrons. The average molecular weight is 335 g/mol. The van der Waals surface area contributed by atoms with Crippen molar-refractivity contribution in [2.45, 2.75) is 13.0 Å². The number of thiophene rings is 1. The minimum Gasteiger partial charge on any atom is -0.320 e. The number of halogens is 3. The summed E-state index contributed by atoms with van der Waals surface area (Å²) in [4.78, 5) is 0.865. The third kappa shape index (κ3) is 2.71. The molecule has 0 amide bonds. The fourth-order valence-electron chi connectivity index (χ4n) is 1.54. The van der Waals surface area contributed by atoms with Gasteiger partial charge in [0.25, 0.3) is 0 Å². The minimum atomic E-state index is -0.483. The van der Waals surface area contributed by atoms with Gasteiger partial charge in [0.1, 0.15) is 5.82 Å². The summed E-state index contributed by atoms with van der Waals surface area (Å²) in [6.45, 7) is 1.91. The van der Waals surface area contributed by atoms with Crippen molar-refractivity contribution in [1.82, 2.24) is 0 Å². The molecule has 1 aromatic heterocycles. The van der Waals surface area contributed by atoms with E-state index in [0.717, 1.165) is 14.9 Å². The normalized spacial score (nSPS) is 12.8. The molecule has 2 N–H and O–H groups in total. The summed E-state index contributed by atoms with van der Waals surface area (Å²) in [5.41, 5.74) is 7.50. The van der Waals surface area contributed by atoms with Crippen molar-refractivity contribution in [3.8, 4) is 0 Å². The van der Waals surface area contributed by atoms with Crippen LogP contribution in [-0.2, 0) is 0 Å². The van der Waals surface area contributed by atoms with Gasteiger partial charge in [0.2, 0.25) is 0 Å². The Hall–Kier alpha value is -0.420. The number of benzene rings is 1. The lowest BCUT2D eigenvalue weighted by atomic mass is 10.1. The predicted octanol–water partition coefficient (Wildman–Crippen LogP) is 4.66. The van der Waals surface area contributed by atoms with Crippen molar-refractivity contribution in [1.29, 1.82) is 0 Å². The standard InChI is InChI=1S/C12H10BrClFNS/c1-6-4-10(17-12(6)14)11(16)8-5-7(13)2-3-9(8)15/h2-5,11H,16H2,1H3. The summed E-state index contributed by atoms with van der Waals surface area (Å²) < 4.78 is 15.2. The van der Waals surface area contributed by atoms with Crippen LogP contribution in [0.15, 0.2) is 28.7 Å². The molecule has 1 nitrogen and oxygen atoms in total. The van der Waals surface area contributed by atoms with Gasteiger partial charge in [-0.15, -0.1) is 11.3 Å². The van der Waals surface area contributed by atoms with E-state index in [0.29, 0.717) is 9.90 Å². The van der Waals surface area contributed by atoms with Gasteiger partial charge in [-0.1, -0.05) is 27.5 Å². The summed E-state index contributed by atoms with van der Waals surface area (Å²) in [5, 5.41) is 0. The smallest absolute Gasteiger partial charge is 0.128 e. The SMILES string of the molecule is Cc1cc(C(N)c2cc(Br)ccc2F)sc1Cl. The minimum absolute atomic E-state index is 0.303. The van der Waals surface area contributed by atoms with E-state index in [9.17, 15) is 4.39 Å². The van der Waals surface area contributed by atoms with Gasteiger partial charge in [-0.25, -0.2) is 4.39 Å². The predicted molar refractivity (Wildman–Crippen MR) is 74.2 cm³/mol. The molecule has 1 unspecified atom stereocenters. The van der Waals surface area contributed by atoms with Crippen LogP contribution in [0.1, 0.15) is 22.0 Å². The van der Waals surface area contributed by atoms with Crippen molar-refractivity contribution in [2.75, 3.05) is 0 Å². The second kappa shape index (κ2) is 5.06. The molecule has 0 spiro atoms. The molecule has 0 fully saturated rings. The maximum absolute atomic E-state index is 13.7. The van der Waals surface area contributed by atoms with Crippen molar-refractivity contribution in [2.24, 2.45) is 5.73 Å². The van der Waals surface area contributed by atoms with E-state index in [-0.39, 0.29) is 5.82 Å². The molecular weight excluding hydrogens is 325 g/mol. The van der Waals surface area contributed by atoms with Crippen LogP contribution in [0.3, 0.4) is 0 Å². The maximum atomic E-state index is 13.7. The lowest BCUT2D eigenvalue weighted by Gasteiger charge is -2.11. The molecule has 1 aromatic carbocycles. The molecule has 1 heterocycles. The van der Waals surface area contributed by atoms with Gasteiger partial charge in [-0.2, -0.15) is 0 Å². The van der Waals surface area contributed by atoms with E-state index in [1.54, 1.807) is 12.1 Å². The zero-order valence-electron chi connectivity index (χ0n) is 9.01. The van der Waals surface area contributed by atoms with Crippen LogP contribution in [0.2, 0.25) is 4.34 Å². The Morgan fingerprint density at radius 3 is 2.71 bits per heavy atom. The molecule has 2 rings (SSSR count). The lowest BCUT2D eigenvalue weighted by molar-refractivity contribution is 0.600. The third-order valence-electron chi connectivity index (χ3n) is 2.48. The first-order valence-corrected chi connectivity index (χ1v) is 6.94. The van der Waals surface area contributed by atoms with E-state index in [4.69, 9.17) is 17.3 Å². The Labute approximate surface area is 117 Å². The number of aryl methyl sites for hydroxylation is 1. The summed E-state index contributed by atoms with van der Waals surface area (Å²) in [5.74, 6) is -0.303. The van der Waals surface area contributed by atoms with Gasteiger partial charge in [-0.3, -0.25) is 0 Å². The van der Waals surface area contributed by atoms with Crippen molar-refractivity contribution < 1.29 is 4.39 Å². The molecule has 17 heavy (non-hydrogen) atoms. The highest BCUT2D eigenvalue weighted by molar-refractivity contribution is 9.10. The molecule has 5 heteroatoms. The molecular formula is C12H10BrClFNS. The highest BCUT2D eigenvalue weighted by Gasteiger charge is 2.17. The molecule has 0 saturated carbocycles. The van der Waals surface area contributed by atoms with E-state index >= 15 is 0 Å². The van der Waals surface area contributed by atoms with Crippen LogP contribution in [0.4, 0.5) is 4.39 Å². The first kappa shape index (κ1) is 13.0. The van der Waals surface area contributed by atoms with Crippen LogP contribution in [-0.4, -0.2) is 0 Å². The maximum Gasteiger partial charge on any atom is 0.128 e. The largest absolute Gasteiger partial charge is 0.320 e. The first-order valence-electron chi connectivity index (χ1n) is 4.95. The average Bonchev–Trinajstić information content (AvgIpc) is 2.62. The fourth-order valence-corrected chi connectivity index (χ4v) is 3.16. The van der Waals surface area contributed by atoms with Gasteiger partial charge in [0, 0.05) is 14.9 Å². The lowest BCUT2D eigenvalue weighted by Crippen LogP contribution is -2.12. The van der Waals surface area contributed by atoms with E-state index < -0.39 is 6.04 Å². The molecule has 0 aliphatic rings. The van der Waals surface area contributed by atoms with E-state index in [1.807, 2.05) is 13.0 Å². The van der Waals surface area contributed by atoms with Crippen LogP contribution < -0.4 is 5.73 Å². The van der Waals surface area contributed by atoms with Crippen LogP contribution in [0.5, 0.6) is 0 Å². The van der Waals surface area contributed by atoms with Crippen LogP contribution in [0.25, 0.3) is 0 Å². The second-order valence-electron chi connectivity index (χ2n) is 3.75. The second-order valence-corrected chi connectivity index (χ2v) is 6.35. The number of nitrogens with two attached hydrogens (primary N) is 1. The number of hydrogen-bond donors (Lipinski definition) is 1. The Balaban J connectivity index is 2.42. The topological polar surface area (TPSA) is 26.0 Å². The number of rotatable bonds is 2. The van der Waals surface area contributed by atoms with Gasteiger partial charge < -0.3 is 5.73 Å². The van der Waals surface area contributed by atoms with Gasteiger partial charge in [0.15, 0.2) is 0 Å². The summed E-state index contributed by atoms with van der Waals surface area (Å²) in [7, 11) is 0. The molecule has 1 atom stereocenters. The fraction of sp³-hybridized carbons (Fsp3) is 0.167. The summed E-state index contributed by atoms with van der Waals surface area (Å²) in [6, 6.07) is 6.17. The van der Waals surface area contributed by atoms with Crippen LogP contribution in [0, 0.1) is 12.7 Å². The zero-order valence-corrected chi connectivity index (χ0v) is 12.2. The zero-order chi connectivity index (χ0) is 12.6. The van der Waals surface area contributed by atoms with E-state index in [1.165, 1.54) is 17.4 Å². The summed E-state index contributed by atoms with van der Waals surface area (Å²) >= 11 is 10.7. The number of hydrogen-bond acceptors (Lipinski definition) is 2. The highest BCUT2D eigenvalue weighted by Crippen LogP contribution is 2.34. The molecule has 0 aliphatic carbocycles. The Morgan fingerprint density at radius 2 is 2.12 bits per heavy atom. The molecule has 0 saturated heterocycles. The van der Waals surface area contributed by atoms with Gasteiger partial charge >= 0.3 is 0 Å². The van der Waals surface area contributed by atoms with E-state index in [2.05, 4.69) is 15.9 Å². The Kier molecular flexibility index (Phi) is 3.88. The van der Waals surface area contributed by atoms with Crippen molar-refractivity contribution >= 4 is 38.9 Å². The van der Waals surface area contributed by atoms with Crippen molar-refractivity contribution in [3.05, 3.63) is 54.9 Å². The van der Waals surface area contributed by atoms with Gasteiger partial charge in [0.05, 0.1) is 10.4 Å². The monoisotopic (exact) mass is 333 g/mol. The summed E-state index contributed by atoms with van der Waals surface area (Å²) in [6.07, 6.45) is 0. The third-order valence-corrected chi connectivity index (χ3v) is 4.61. The highest BCUT2D eigenvalue weighted by atomic mass is 79.9. The molecule has 0 aliphatic heterocycles. The Morgan fingerprint density at radius 1 is 1.41 bits per heavy atom. The Bertz CT molecular complexity index is 536.